The van der Waals surface area contributed by atoms with Crippen LogP contribution in [0.25, 0.3) is 0 Å². The van der Waals surface area contributed by atoms with Crippen molar-refractivity contribution < 1.29 is 14.6 Å². The molecule has 0 atom stereocenters. The first-order valence-corrected chi connectivity index (χ1v) is 8.27. The summed E-state index contributed by atoms with van der Waals surface area (Å²) >= 11 is 10.9. The highest BCUT2D eigenvalue weighted by Gasteiger charge is 2.13. The smallest absolute Gasteiger partial charge is 0.288 e. The molecule has 0 saturated carbocycles. The number of nitrogens with one attached hydrogen (secondary N) is 3. The lowest BCUT2D eigenvalue weighted by Crippen LogP contribution is -3.14. The Labute approximate surface area is 149 Å². The van der Waals surface area contributed by atoms with Crippen LogP contribution in [0, 0.1) is 10.1 Å². The number of rotatable bonds is 6. The van der Waals surface area contributed by atoms with E-state index in [0.29, 0.717) is 10.7 Å². The average Bonchev–Trinajstić information content (AvgIpc) is 2.57. The molecule has 1 fully saturated rings. The highest BCUT2D eigenvalue weighted by Crippen LogP contribution is 2.24. The molecule has 24 heavy (non-hydrogen) atoms. The van der Waals surface area contributed by atoms with Crippen LogP contribution in [0.1, 0.15) is 5.56 Å². The molecule has 2 rings (SSSR count). The zero-order valence-electron chi connectivity index (χ0n) is 13.0. The van der Waals surface area contributed by atoms with E-state index in [9.17, 15) is 10.1 Å². The summed E-state index contributed by atoms with van der Waals surface area (Å²) in [6.45, 7) is 5.32. The summed E-state index contributed by atoms with van der Waals surface area (Å²) in [5.74, 6) is 0. The molecule has 0 spiro atoms. The quantitative estimate of drug-likeness (QED) is 0.281. The van der Waals surface area contributed by atoms with Gasteiger partial charge in [-0.2, -0.15) is 5.10 Å². The monoisotopic (exact) mass is 372 g/mol. The number of nitro groups is 1. The van der Waals surface area contributed by atoms with Crippen LogP contribution in [0.4, 0.5) is 5.69 Å². The number of nitro benzene ring substituents is 1. The van der Waals surface area contributed by atoms with Gasteiger partial charge in [0.25, 0.3) is 5.69 Å². The summed E-state index contributed by atoms with van der Waals surface area (Å²) in [5, 5.41) is 18.4. The maximum atomic E-state index is 10.8. The van der Waals surface area contributed by atoms with Crippen molar-refractivity contribution in [1.29, 1.82) is 0 Å². The van der Waals surface area contributed by atoms with E-state index >= 15 is 0 Å². The molecular weight excluding hydrogens is 354 g/mol. The number of ether oxygens (including phenoxy) is 1. The average molecular weight is 373 g/mol. The maximum Gasteiger partial charge on any atom is 0.288 e. The number of benzene rings is 1. The molecule has 1 aliphatic rings. The van der Waals surface area contributed by atoms with Crippen molar-refractivity contribution in [1.82, 2.24) is 10.7 Å². The fraction of sp³-hybridized carbons (Fsp3) is 0.429. The Morgan fingerprint density at radius 1 is 1.50 bits per heavy atom. The molecule has 0 amide bonds. The summed E-state index contributed by atoms with van der Waals surface area (Å²) in [7, 11) is 0. The van der Waals surface area contributed by atoms with Crippen molar-refractivity contribution in [2.24, 2.45) is 5.10 Å². The number of hydrogen-bond donors (Lipinski definition) is 3. The van der Waals surface area contributed by atoms with Crippen LogP contribution in [0.15, 0.2) is 23.3 Å². The number of morpholine rings is 1. The van der Waals surface area contributed by atoms with Gasteiger partial charge in [-0.1, -0.05) is 17.7 Å². The van der Waals surface area contributed by atoms with Gasteiger partial charge in [0.05, 0.1) is 37.4 Å². The normalized spacial score (nSPS) is 15.4. The number of hydrazone groups is 1. The lowest BCUT2D eigenvalue weighted by Gasteiger charge is -2.23. The van der Waals surface area contributed by atoms with E-state index in [1.807, 2.05) is 0 Å². The maximum absolute atomic E-state index is 10.8. The summed E-state index contributed by atoms with van der Waals surface area (Å²) in [4.78, 5) is 11.8. The minimum atomic E-state index is -0.534. The first-order valence-electron chi connectivity index (χ1n) is 7.48. The molecule has 0 bridgehead atoms. The molecule has 1 saturated heterocycles. The van der Waals surface area contributed by atoms with Gasteiger partial charge in [-0.25, -0.2) is 0 Å². The second-order valence-electron chi connectivity index (χ2n) is 5.21. The second-order valence-corrected chi connectivity index (χ2v) is 6.02. The SMILES string of the molecule is O=[N+]([O-])c1cc(/C=N\NC(=S)NCC[NH+]2CCOCC2)ccc1Cl. The predicted octanol–water partition coefficient (Wildman–Crippen LogP) is -0.0387. The molecule has 1 heterocycles. The Bertz CT molecular complexity index is 622. The van der Waals surface area contributed by atoms with Gasteiger partial charge in [0.1, 0.15) is 18.1 Å². The largest absolute Gasteiger partial charge is 0.370 e. The van der Waals surface area contributed by atoms with Crippen molar-refractivity contribution in [2.45, 2.75) is 0 Å². The van der Waals surface area contributed by atoms with Gasteiger partial charge in [-0.15, -0.1) is 0 Å². The molecule has 0 unspecified atom stereocenters. The van der Waals surface area contributed by atoms with E-state index in [-0.39, 0.29) is 10.7 Å². The zero-order valence-corrected chi connectivity index (χ0v) is 14.5. The van der Waals surface area contributed by atoms with E-state index in [4.69, 9.17) is 28.6 Å². The predicted molar refractivity (Wildman–Crippen MR) is 95.8 cm³/mol. The third kappa shape index (κ3) is 6.00. The van der Waals surface area contributed by atoms with Gasteiger partial charge in [0.15, 0.2) is 5.11 Å². The van der Waals surface area contributed by atoms with Gasteiger partial charge < -0.3 is 15.0 Å². The molecular formula is C14H19ClN5O3S+. The molecule has 1 aromatic carbocycles. The van der Waals surface area contributed by atoms with Gasteiger partial charge in [-0.3, -0.25) is 15.5 Å². The Morgan fingerprint density at radius 2 is 2.25 bits per heavy atom. The molecule has 3 N–H and O–H groups in total. The summed E-state index contributed by atoms with van der Waals surface area (Å²) < 4.78 is 5.30. The van der Waals surface area contributed by atoms with Crippen LogP contribution >= 0.6 is 23.8 Å². The summed E-state index contributed by atoms with van der Waals surface area (Å²) in [5.41, 5.74) is 3.08. The molecule has 1 aromatic rings. The van der Waals surface area contributed by atoms with Gasteiger partial charge in [-0.05, 0) is 18.3 Å². The zero-order chi connectivity index (χ0) is 17.4. The molecule has 1 aliphatic heterocycles. The van der Waals surface area contributed by atoms with Crippen molar-refractivity contribution in [2.75, 3.05) is 39.4 Å². The van der Waals surface area contributed by atoms with Crippen LogP contribution < -0.4 is 15.6 Å². The van der Waals surface area contributed by atoms with Crippen LogP contribution in [0.2, 0.25) is 5.02 Å². The molecule has 0 aromatic heterocycles. The number of nitrogens with zero attached hydrogens (tertiary/aromatic N) is 2. The molecule has 0 radical (unpaired) electrons. The van der Waals surface area contributed by atoms with Crippen LogP contribution in [0.5, 0.6) is 0 Å². The first-order chi connectivity index (χ1) is 11.6. The number of halogens is 1. The van der Waals surface area contributed by atoms with Crippen molar-refractivity contribution >= 4 is 40.8 Å². The Kier molecular flexibility index (Phi) is 7.32. The third-order valence-electron chi connectivity index (χ3n) is 3.51. The minimum absolute atomic E-state index is 0.0907. The minimum Gasteiger partial charge on any atom is -0.370 e. The summed E-state index contributed by atoms with van der Waals surface area (Å²) in [6.07, 6.45) is 1.45. The second kappa shape index (κ2) is 9.48. The number of thiocarbonyl (C=S) groups is 1. The molecule has 0 aliphatic carbocycles. The lowest BCUT2D eigenvalue weighted by molar-refractivity contribution is -0.906. The van der Waals surface area contributed by atoms with Crippen LogP contribution in [0.3, 0.4) is 0 Å². The molecule has 10 heteroatoms. The Hall–Kier alpha value is -1.81. The van der Waals surface area contributed by atoms with E-state index in [1.165, 1.54) is 23.2 Å². The molecule has 130 valence electrons. The van der Waals surface area contributed by atoms with Crippen LogP contribution in [-0.4, -0.2) is 55.6 Å². The fourth-order valence-corrected chi connectivity index (χ4v) is 2.56. The van der Waals surface area contributed by atoms with Gasteiger partial charge >= 0.3 is 0 Å². The number of quaternary nitrogens is 1. The Morgan fingerprint density at radius 3 is 2.96 bits per heavy atom. The standard InChI is InChI=1S/C14H18ClN5O3S/c15-12-2-1-11(9-13(12)20(21)22)10-17-18-14(24)16-3-4-19-5-7-23-8-6-19/h1-2,9-10H,3-8H2,(H2,16,18,24)/p+1/b17-10-. The highest BCUT2D eigenvalue weighted by molar-refractivity contribution is 7.80. The van der Waals surface area contributed by atoms with Crippen molar-refractivity contribution in [3.8, 4) is 0 Å². The molecule has 8 nitrogen and oxygen atoms in total. The Balaban J connectivity index is 1.73. The lowest BCUT2D eigenvalue weighted by atomic mass is 10.2. The topological polar surface area (TPSA) is 93.2 Å². The third-order valence-corrected chi connectivity index (χ3v) is 4.07. The fourth-order valence-electron chi connectivity index (χ4n) is 2.22. The van der Waals surface area contributed by atoms with Crippen LogP contribution in [-0.2, 0) is 4.74 Å². The van der Waals surface area contributed by atoms with Gasteiger partial charge in [0.2, 0.25) is 0 Å². The van der Waals surface area contributed by atoms with Gasteiger partial charge in [0, 0.05) is 11.6 Å². The first kappa shape index (κ1) is 18.5. The van der Waals surface area contributed by atoms with Crippen molar-refractivity contribution in [3.05, 3.63) is 38.9 Å². The van der Waals surface area contributed by atoms with E-state index < -0.39 is 4.92 Å². The highest BCUT2D eigenvalue weighted by atomic mass is 35.5. The van der Waals surface area contributed by atoms with E-state index in [2.05, 4.69) is 15.8 Å². The number of hydrogen-bond acceptors (Lipinski definition) is 5. The van der Waals surface area contributed by atoms with E-state index in [1.54, 1.807) is 6.07 Å². The van der Waals surface area contributed by atoms with E-state index in [0.717, 1.165) is 39.4 Å². The summed E-state index contributed by atoms with van der Waals surface area (Å²) in [6, 6.07) is 4.45. The van der Waals surface area contributed by atoms with Crippen molar-refractivity contribution in [3.63, 3.8) is 0 Å².